The number of rotatable bonds is 4. The average Bonchev–Trinajstić information content (AvgIpc) is 2.91. The summed E-state index contributed by atoms with van der Waals surface area (Å²) in [6.07, 6.45) is 0. The lowest BCUT2D eigenvalue weighted by Gasteiger charge is -2.10. The molecule has 0 saturated heterocycles. The number of hydrogen-bond acceptors (Lipinski definition) is 3. The summed E-state index contributed by atoms with van der Waals surface area (Å²) >= 11 is 0. The number of carbonyl (C=O) groups is 1. The molecule has 0 aliphatic carbocycles. The number of benzene rings is 1. The quantitative estimate of drug-likeness (QED) is 0.684. The van der Waals surface area contributed by atoms with Crippen LogP contribution in [0.25, 0.3) is 22.2 Å². The molecule has 3 rings (SSSR count). The smallest absolute Gasteiger partial charge is 0.265 e. The number of nitrogens with two attached hydrogens (primary N) is 1. The topological polar surface area (TPSA) is 95.0 Å². The van der Waals surface area contributed by atoms with Gasteiger partial charge in [0.15, 0.2) is 0 Å². The van der Waals surface area contributed by atoms with Crippen molar-refractivity contribution in [3.8, 4) is 11.3 Å². The number of H-pyrrole nitrogens is 2. The number of hydrogen-bond donors (Lipinski definition) is 3. The first-order valence-corrected chi connectivity index (χ1v) is 7.24. The number of carbonyl (C=O) groups excluding carboxylic acids is 1. The molecule has 0 radical (unpaired) electrons. The molecule has 0 atom stereocenters. The maximum Gasteiger partial charge on any atom is 0.265 e. The fourth-order valence-corrected chi connectivity index (χ4v) is 2.67. The lowest BCUT2D eigenvalue weighted by Crippen LogP contribution is -2.19. The van der Waals surface area contributed by atoms with Crippen molar-refractivity contribution in [3.05, 3.63) is 58.0 Å². The number of aromatic nitrogens is 2. The molecule has 2 heterocycles. The Balaban J connectivity index is 2.11. The minimum Gasteiger partial charge on any atom is -0.364 e. The van der Waals surface area contributed by atoms with Gasteiger partial charge in [-0.2, -0.15) is 0 Å². The van der Waals surface area contributed by atoms with E-state index in [1.165, 1.54) is 11.6 Å². The monoisotopic (exact) mass is 310 g/mol. The molecule has 1 amide bonds. The Bertz CT molecular complexity index is 937. The van der Waals surface area contributed by atoms with Gasteiger partial charge in [0.2, 0.25) is 0 Å². The molecule has 6 heteroatoms. The Morgan fingerprint density at radius 2 is 1.96 bits per heavy atom. The lowest BCUT2D eigenvalue weighted by molar-refractivity contribution is 0.0995. The van der Waals surface area contributed by atoms with E-state index < -0.39 is 5.91 Å². The summed E-state index contributed by atoms with van der Waals surface area (Å²) < 4.78 is 0. The fourth-order valence-electron chi connectivity index (χ4n) is 2.67. The predicted octanol–water partition coefficient (Wildman–Crippen LogP) is 1.68. The van der Waals surface area contributed by atoms with E-state index in [0.29, 0.717) is 11.3 Å². The second kappa shape index (κ2) is 5.73. The van der Waals surface area contributed by atoms with Gasteiger partial charge in [-0.05, 0) is 43.9 Å². The highest BCUT2D eigenvalue weighted by Gasteiger charge is 2.11. The van der Waals surface area contributed by atoms with Crippen LogP contribution in [-0.4, -0.2) is 34.9 Å². The standard InChI is InChI=1S/C17H18N4O2/c1-21(2)9-10-4-3-5-13-12(10)8-15(19-13)11-6-7-14(16(18)22)20-17(11)23/h3-8,19H,9H2,1-2H3,(H2,18,22)(H,20,23). The first kappa shape index (κ1) is 15.1. The zero-order valence-corrected chi connectivity index (χ0v) is 13.0. The molecule has 0 fully saturated rings. The second-order valence-corrected chi connectivity index (χ2v) is 5.78. The molecule has 1 aromatic carbocycles. The third kappa shape index (κ3) is 2.89. The van der Waals surface area contributed by atoms with Gasteiger partial charge >= 0.3 is 0 Å². The molecule has 0 saturated carbocycles. The molecule has 2 aromatic heterocycles. The Kier molecular flexibility index (Phi) is 3.75. The molecule has 0 spiro atoms. The van der Waals surface area contributed by atoms with E-state index in [1.54, 1.807) is 6.07 Å². The maximum atomic E-state index is 12.2. The molecule has 0 aliphatic heterocycles. The normalized spacial score (nSPS) is 11.3. The number of aromatic amines is 2. The summed E-state index contributed by atoms with van der Waals surface area (Å²) in [4.78, 5) is 31.2. The number of primary amides is 1. The Morgan fingerprint density at radius 1 is 1.17 bits per heavy atom. The van der Waals surface area contributed by atoms with Crippen molar-refractivity contribution in [2.24, 2.45) is 5.73 Å². The van der Waals surface area contributed by atoms with E-state index in [9.17, 15) is 9.59 Å². The largest absolute Gasteiger partial charge is 0.364 e. The molecular formula is C17H18N4O2. The number of fused-ring (bicyclic) bond motifs is 1. The van der Waals surface area contributed by atoms with Crippen LogP contribution in [0.4, 0.5) is 0 Å². The van der Waals surface area contributed by atoms with Gasteiger partial charge < -0.3 is 20.6 Å². The molecular weight excluding hydrogens is 292 g/mol. The van der Waals surface area contributed by atoms with Gasteiger partial charge in [-0.3, -0.25) is 9.59 Å². The van der Waals surface area contributed by atoms with Crippen molar-refractivity contribution in [2.75, 3.05) is 14.1 Å². The third-order valence-corrected chi connectivity index (χ3v) is 3.71. The highest BCUT2D eigenvalue weighted by molar-refractivity contribution is 5.91. The van der Waals surface area contributed by atoms with Gasteiger partial charge in [-0.15, -0.1) is 0 Å². The van der Waals surface area contributed by atoms with Crippen LogP contribution in [0.1, 0.15) is 16.1 Å². The van der Waals surface area contributed by atoms with Gasteiger partial charge in [0, 0.05) is 17.4 Å². The van der Waals surface area contributed by atoms with Crippen LogP contribution in [0.3, 0.4) is 0 Å². The van der Waals surface area contributed by atoms with Gasteiger partial charge in [0.05, 0.1) is 11.3 Å². The van der Waals surface area contributed by atoms with Crippen molar-refractivity contribution in [3.63, 3.8) is 0 Å². The van der Waals surface area contributed by atoms with Crippen LogP contribution < -0.4 is 11.3 Å². The van der Waals surface area contributed by atoms with E-state index >= 15 is 0 Å². The first-order chi connectivity index (χ1) is 11.0. The van der Waals surface area contributed by atoms with Gasteiger partial charge in [0.25, 0.3) is 11.5 Å². The second-order valence-electron chi connectivity index (χ2n) is 5.78. The van der Waals surface area contributed by atoms with Crippen LogP contribution in [-0.2, 0) is 6.54 Å². The van der Waals surface area contributed by atoms with Crippen LogP contribution in [0.5, 0.6) is 0 Å². The molecule has 118 valence electrons. The molecule has 0 aliphatic rings. The van der Waals surface area contributed by atoms with Crippen molar-refractivity contribution in [1.82, 2.24) is 14.9 Å². The predicted molar refractivity (Wildman–Crippen MR) is 90.3 cm³/mol. The minimum atomic E-state index is -0.654. The summed E-state index contributed by atoms with van der Waals surface area (Å²) in [7, 11) is 4.03. The Labute approximate surface area is 132 Å². The maximum absolute atomic E-state index is 12.2. The van der Waals surface area contributed by atoms with Crippen LogP contribution in [0, 0.1) is 0 Å². The molecule has 4 N–H and O–H groups in total. The van der Waals surface area contributed by atoms with Crippen molar-refractivity contribution < 1.29 is 4.79 Å². The van der Waals surface area contributed by atoms with Crippen LogP contribution in [0.2, 0.25) is 0 Å². The van der Waals surface area contributed by atoms with E-state index in [4.69, 9.17) is 5.73 Å². The summed E-state index contributed by atoms with van der Waals surface area (Å²) in [5.74, 6) is -0.654. The van der Waals surface area contributed by atoms with Crippen molar-refractivity contribution in [2.45, 2.75) is 6.54 Å². The van der Waals surface area contributed by atoms with E-state index in [2.05, 4.69) is 20.9 Å². The molecule has 0 unspecified atom stereocenters. The summed E-state index contributed by atoms with van der Waals surface area (Å²) in [6, 6.07) is 11.1. The fraction of sp³-hybridized carbons (Fsp3) is 0.176. The van der Waals surface area contributed by atoms with Crippen molar-refractivity contribution in [1.29, 1.82) is 0 Å². The molecule has 0 bridgehead atoms. The Morgan fingerprint density at radius 3 is 2.61 bits per heavy atom. The number of pyridine rings is 1. The van der Waals surface area contributed by atoms with Crippen LogP contribution in [0.15, 0.2) is 41.2 Å². The lowest BCUT2D eigenvalue weighted by atomic mass is 10.1. The summed E-state index contributed by atoms with van der Waals surface area (Å²) in [5, 5.41) is 1.08. The van der Waals surface area contributed by atoms with Gasteiger partial charge in [0.1, 0.15) is 5.69 Å². The molecule has 23 heavy (non-hydrogen) atoms. The van der Waals surface area contributed by atoms with E-state index in [0.717, 1.165) is 17.4 Å². The minimum absolute atomic E-state index is 0.100. The number of amides is 1. The zero-order chi connectivity index (χ0) is 16.6. The Hall–Kier alpha value is -2.86. The summed E-state index contributed by atoms with van der Waals surface area (Å²) in [6.45, 7) is 0.811. The number of nitrogens with one attached hydrogen (secondary N) is 2. The number of nitrogens with zero attached hydrogens (tertiary/aromatic N) is 1. The average molecular weight is 310 g/mol. The van der Waals surface area contributed by atoms with Crippen LogP contribution >= 0.6 is 0 Å². The SMILES string of the molecule is CN(C)Cc1cccc2[nH]c(-c3ccc(C(N)=O)[nH]c3=O)cc12. The van der Waals surface area contributed by atoms with Gasteiger partial charge in [-0.25, -0.2) is 0 Å². The third-order valence-electron chi connectivity index (χ3n) is 3.71. The van der Waals surface area contributed by atoms with E-state index in [-0.39, 0.29) is 11.3 Å². The molecule has 3 aromatic rings. The highest BCUT2D eigenvalue weighted by atomic mass is 16.1. The van der Waals surface area contributed by atoms with Crippen molar-refractivity contribution >= 4 is 16.8 Å². The zero-order valence-electron chi connectivity index (χ0n) is 13.0. The summed E-state index contributed by atoms with van der Waals surface area (Å²) in [5.41, 5.74) is 8.27. The van der Waals surface area contributed by atoms with Gasteiger partial charge in [-0.1, -0.05) is 12.1 Å². The highest BCUT2D eigenvalue weighted by Crippen LogP contribution is 2.25. The molecule has 6 nitrogen and oxygen atoms in total. The first-order valence-electron chi connectivity index (χ1n) is 7.24. The van der Waals surface area contributed by atoms with E-state index in [1.807, 2.05) is 32.3 Å².